The lowest BCUT2D eigenvalue weighted by atomic mass is 10.1. The number of allylic oxidation sites excluding steroid dienone is 4. The van der Waals surface area contributed by atoms with Gasteiger partial charge in [0, 0.05) is 12.8 Å². The van der Waals surface area contributed by atoms with Crippen LogP contribution in [0.25, 0.3) is 0 Å². The minimum Gasteiger partial charge on any atom is -1.00 e. The number of carbonyl (C=O) groups is 1. The van der Waals surface area contributed by atoms with Crippen LogP contribution in [-0.4, -0.2) is 35.6 Å². The molecule has 46 heavy (non-hydrogen) atoms. The van der Waals surface area contributed by atoms with E-state index >= 15 is 0 Å². The van der Waals surface area contributed by atoms with E-state index in [0.717, 1.165) is 25.9 Å². The van der Waals surface area contributed by atoms with E-state index in [-0.39, 0.29) is 24.5 Å². The van der Waals surface area contributed by atoms with E-state index in [1.165, 1.54) is 173 Å². The fourth-order valence-electron chi connectivity index (χ4n) is 6.54. The number of hydrogen-bond donors (Lipinski definition) is 2. The number of carbonyl (C=O) groups excluding carboxylic acids is 1. The largest absolute Gasteiger partial charge is 1.00 e. The number of hydrogen-bond acceptors (Lipinski definition) is 2. The quantitative estimate of drug-likeness (QED) is 0.0418. The SMILES string of the molecule is CCCCCCCC/C=C\CCCCCCCCC1=[N+](CC)C(NC(=O)CCCCCCC/C=C\CCCCCCCC)CN1.[Cl-]. The van der Waals surface area contributed by atoms with E-state index in [4.69, 9.17) is 0 Å². The van der Waals surface area contributed by atoms with Gasteiger partial charge in [0.15, 0.2) is 0 Å². The third kappa shape index (κ3) is 26.7. The van der Waals surface area contributed by atoms with Crippen molar-refractivity contribution >= 4 is 11.7 Å². The molecule has 0 aromatic heterocycles. The number of halogens is 1. The highest BCUT2D eigenvalue weighted by Crippen LogP contribution is 2.13. The van der Waals surface area contributed by atoms with Gasteiger partial charge in [0.2, 0.25) is 17.9 Å². The molecular formula is C41H78ClN3O. The molecule has 1 heterocycles. The van der Waals surface area contributed by atoms with Crippen LogP contribution >= 0.6 is 0 Å². The molecule has 2 N–H and O–H groups in total. The summed E-state index contributed by atoms with van der Waals surface area (Å²) in [5, 5.41) is 6.91. The Kier molecular flexibility index (Phi) is 34.0. The van der Waals surface area contributed by atoms with Crippen molar-refractivity contribution in [1.82, 2.24) is 10.6 Å². The van der Waals surface area contributed by atoms with Crippen molar-refractivity contribution in [3.8, 4) is 0 Å². The van der Waals surface area contributed by atoms with E-state index in [1.54, 1.807) is 0 Å². The van der Waals surface area contributed by atoms with E-state index in [0.29, 0.717) is 6.42 Å². The lowest BCUT2D eigenvalue weighted by molar-refractivity contribution is -0.557. The summed E-state index contributed by atoms with van der Waals surface area (Å²) >= 11 is 0. The standard InChI is InChI=1S/C41H77N3O.ClH/c1-4-7-9-11-13-15-17-19-21-23-24-26-28-30-32-34-36-39-42-38-40(44(39)6-3)43-41(45)37-35-33-31-29-27-25-22-20-18-16-14-12-10-8-5-2;/h19-22,40H,4-18,23-38H2,1-3H3,(H,43,45);1H/b21-19-,22-20-;. The zero-order chi connectivity index (χ0) is 32.5. The fraction of sp³-hybridized carbons (Fsp3) is 0.854. The summed E-state index contributed by atoms with van der Waals surface area (Å²) in [6.07, 6.45) is 47.1. The zero-order valence-corrected chi connectivity index (χ0v) is 31.8. The number of unbranched alkanes of at least 4 members (excludes halogenated alkanes) is 23. The Balaban J connectivity index is 0.0000202. The first-order valence-electron chi connectivity index (χ1n) is 20.2. The minimum absolute atomic E-state index is 0. The van der Waals surface area contributed by atoms with Gasteiger partial charge in [-0.3, -0.25) is 10.1 Å². The molecule has 0 bridgehead atoms. The predicted octanol–water partition coefficient (Wildman–Crippen LogP) is 8.93. The van der Waals surface area contributed by atoms with Gasteiger partial charge in [0.1, 0.15) is 6.54 Å². The van der Waals surface area contributed by atoms with Crippen LogP contribution in [0.1, 0.15) is 207 Å². The van der Waals surface area contributed by atoms with Crippen LogP contribution in [0.15, 0.2) is 24.3 Å². The lowest BCUT2D eigenvalue weighted by Crippen LogP contribution is -3.00. The number of amidine groups is 1. The first-order valence-corrected chi connectivity index (χ1v) is 20.2. The second-order valence-corrected chi connectivity index (χ2v) is 13.7. The molecule has 1 aliphatic heterocycles. The maximum absolute atomic E-state index is 12.6. The summed E-state index contributed by atoms with van der Waals surface area (Å²) in [5.41, 5.74) is 0. The Labute approximate surface area is 293 Å². The molecule has 0 saturated carbocycles. The van der Waals surface area contributed by atoms with Gasteiger partial charge in [-0.05, 0) is 71.1 Å². The number of amides is 1. The number of nitrogens with one attached hydrogen (secondary N) is 2. The molecule has 0 saturated heterocycles. The molecule has 1 atom stereocenters. The normalized spacial score (nSPS) is 14.8. The highest BCUT2D eigenvalue weighted by molar-refractivity contribution is 5.80. The van der Waals surface area contributed by atoms with Crippen molar-refractivity contribution in [3.05, 3.63) is 24.3 Å². The molecule has 1 unspecified atom stereocenters. The van der Waals surface area contributed by atoms with Crippen molar-refractivity contribution in [2.24, 2.45) is 0 Å². The van der Waals surface area contributed by atoms with Crippen molar-refractivity contribution in [1.29, 1.82) is 0 Å². The summed E-state index contributed by atoms with van der Waals surface area (Å²) < 4.78 is 2.38. The molecule has 0 aromatic carbocycles. The van der Waals surface area contributed by atoms with Crippen LogP contribution in [0.4, 0.5) is 0 Å². The first-order chi connectivity index (χ1) is 22.2. The molecule has 0 fully saturated rings. The highest BCUT2D eigenvalue weighted by atomic mass is 35.5. The first kappa shape index (κ1) is 44.7. The summed E-state index contributed by atoms with van der Waals surface area (Å²) in [5.74, 6) is 1.55. The van der Waals surface area contributed by atoms with Gasteiger partial charge >= 0.3 is 0 Å². The van der Waals surface area contributed by atoms with Crippen LogP contribution in [0.5, 0.6) is 0 Å². The summed E-state index contributed by atoms with van der Waals surface area (Å²) in [6.45, 7) is 8.57. The van der Waals surface area contributed by atoms with Crippen molar-refractivity contribution in [2.45, 2.75) is 213 Å². The van der Waals surface area contributed by atoms with E-state index in [1.807, 2.05) is 0 Å². The van der Waals surface area contributed by atoms with Gasteiger partial charge in [-0.2, -0.15) is 0 Å². The van der Waals surface area contributed by atoms with Gasteiger partial charge in [0.05, 0.1) is 6.54 Å². The average Bonchev–Trinajstić information content (AvgIpc) is 3.43. The third-order valence-corrected chi connectivity index (χ3v) is 9.48. The Bertz CT molecular complexity index is 763. The maximum Gasteiger partial charge on any atom is 0.246 e. The molecule has 270 valence electrons. The Morgan fingerprint density at radius 1 is 0.609 bits per heavy atom. The summed E-state index contributed by atoms with van der Waals surface area (Å²) in [6, 6.07) is 0. The van der Waals surface area contributed by atoms with Crippen LogP contribution in [-0.2, 0) is 4.79 Å². The molecular weight excluding hydrogens is 586 g/mol. The molecule has 0 radical (unpaired) electrons. The average molecular weight is 665 g/mol. The fourth-order valence-corrected chi connectivity index (χ4v) is 6.54. The van der Waals surface area contributed by atoms with Crippen molar-refractivity contribution in [2.75, 3.05) is 13.1 Å². The third-order valence-electron chi connectivity index (χ3n) is 9.48. The molecule has 1 amide bonds. The smallest absolute Gasteiger partial charge is 0.246 e. The zero-order valence-electron chi connectivity index (χ0n) is 31.0. The second-order valence-electron chi connectivity index (χ2n) is 13.7. The molecule has 0 aliphatic carbocycles. The molecule has 1 rings (SSSR count). The number of likely N-dealkylation sites (N-methyl/N-ethyl adjacent to an activating group) is 1. The number of nitrogens with zero attached hydrogens (tertiary/aromatic N) is 1. The van der Waals surface area contributed by atoms with Gasteiger partial charge in [-0.15, -0.1) is 0 Å². The summed E-state index contributed by atoms with van der Waals surface area (Å²) in [4.78, 5) is 12.6. The Morgan fingerprint density at radius 2 is 1.00 bits per heavy atom. The van der Waals surface area contributed by atoms with Crippen LogP contribution in [0.2, 0.25) is 0 Å². The van der Waals surface area contributed by atoms with E-state index in [2.05, 4.69) is 60.3 Å². The van der Waals surface area contributed by atoms with Crippen LogP contribution in [0.3, 0.4) is 0 Å². The summed E-state index contributed by atoms with van der Waals surface area (Å²) in [7, 11) is 0. The van der Waals surface area contributed by atoms with Crippen molar-refractivity contribution < 1.29 is 21.8 Å². The van der Waals surface area contributed by atoms with Crippen LogP contribution in [0, 0.1) is 0 Å². The second kappa shape index (κ2) is 35.0. The predicted molar refractivity (Wildman–Crippen MR) is 199 cm³/mol. The minimum atomic E-state index is 0. The molecule has 1 aliphatic rings. The van der Waals surface area contributed by atoms with Gasteiger partial charge in [0.25, 0.3) is 0 Å². The van der Waals surface area contributed by atoms with Gasteiger partial charge in [-0.1, -0.05) is 147 Å². The van der Waals surface area contributed by atoms with E-state index < -0.39 is 0 Å². The maximum atomic E-state index is 12.6. The molecule has 0 aromatic rings. The lowest BCUT2D eigenvalue weighted by Gasteiger charge is -2.13. The van der Waals surface area contributed by atoms with E-state index in [9.17, 15) is 4.79 Å². The van der Waals surface area contributed by atoms with Crippen LogP contribution < -0.4 is 23.0 Å². The monoisotopic (exact) mass is 664 g/mol. The Hall–Kier alpha value is -1.29. The molecule has 4 nitrogen and oxygen atoms in total. The molecule has 0 spiro atoms. The number of rotatable bonds is 33. The Morgan fingerprint density at radius 3 is 1.43 bits per heavy atom. The van der Waals surface area contributed by atoms with Gasteiger partial charge < -0.3 is 17.7 Å². The topological polar surface area (TPSA) is 44.1 Å². The van der Waals surface area contributed by atoms with Crippen molar-refractivity contribution in [3.63, 3.8) is 0 Å². The van der Waals surface area contributed by atoms with Gasteiger partial charge in [-0.25, -0.2) is 4.58 Å². The molecule has 5 heteroatoms. The highest BCUT2D eigenvalue weighted by Gasteiger charge is 2.30.